The van der Waals surface area contributed by atoms with Crippen molar-refractivity contribution < 1.29 is 9.90 Å². The van der Waals surface area contributed by atoms with Crippen LogP contribution in [0.25, 0.3) is 0 Å². The first-order valence-corrected chi connectivity index (χ1v) is 6.62. The van der Waals surface area contributed by atoms with Crippen LogP contribution in [0.3, 0.4) is 0 Å². The summed E-state index contributed by atoms with van der Waals surface area (Å²) in [5.41, 5.74) is 0. The summed E-state index contributed by atoms with van der Waals surface area (Å²) >= 11 is 1.57. The summed E-state index contributed by atoms with van der Waals surface area (Å²) in [6.07, 6.45) is 0.128. The Kier molecular flexibility index (Phi) is 6.18. The normalized spacial score (nSPS) is 11.0. The number of carbonyl (C=O) groups is 1. The quantitative estimate of drug-likeness (QED) is 0.691. The zero-order chi connectivity index (χ0) is 12.7. The summed E-state index contributed by atoms with van der Waals surface area (Å²) in [6, 6.07) is 3.90. The monoisotopic (exact) mass is 256 g/mol. The minimum absolute atomic E-state index is 0.128. The molecule has 0 aliphatic heterocycles. The van der Waals surface area contributed by atoms with E-state index in [0.29, 0.717) is 0 Å². The summed E-state index contributed by atoms with van der Waals surface area (Å²) in [5, 5.41) is 12.0. The molecular formula is C12H20N2O2S. The molecule has 1 rings (SSSR count). The maximum absolute atomic E-state index is 10.5. The van der Waals surface area contributed by atoms with Crippen molar-refractivity contribution in [1.29, 1.82) is 0 Å². The lowest BCUT2D eigenvalue weighted by Gasteiger charge is -2.13. The van der Waals surface area contributed by atoms with E-state index in [4.69, 9.17) is 5.11 Å². The van der Waals surface area contributed by atoms with Crippen molar-refractivity contribution in [3.63, 3.8) is 0 Å². The number of hydrogen-bond donors (Lipinski definition) is 2. The van der Waals surface area contributed by atoms with Crippen LogP contribution in [0.1, 0.15) is 16.7 Å². The van der Waals surface area contributed by atoms with Gasteiger partial charge >= 0.3 is 5.97 Å². The molecular weight excluding hydrogens is 236 g/mol. The highest BCUT2D eigenvalue weighted by Gasteiger charge is 2.04. The molecule has 1 aromatic heterocycles. The van der Waals surface area contributed by atoms with Crippen molar-refractivity contribution in [2.24, 2.45) is 0 Å². The highest BCUT2D eigenvalue weighted by Crippen LogP contribution is 2.16. The highest BCUT2D eigenvalue weighted by atomic mass is 32.1. The standard InChI is InChI=1S/C12H20N2O2S/c1-3-14(2)7-6-13-9-11-5-4-10(17-11)8-12(15)16/h4-5,13H,3,6-9H2,1-2H3,(H,15,16). The van der Waals surface area contributed by atoms with E-state index in [2.05, 4.69) is 24.2 Å². The summed E-state index contributed by atoms with van der Waals surface area (Å²) in [7, 11) is 2.10. The van der Waals surface area contributed by atoms with Gasteiger partial charge in [-0.3, -0.25) is 4.79 Å². The Morgan fingerprint density at radius 2 is 2.18 bits per heavy atom. The molecule has 17 heavy (non-hydrogen) atoms. The van der Waals surface area contributed by atoms with E-state index in [9.17, 15) is 4.79 Å². The highest BCUT2D eigenvalue weighted by molar-refractivity contribution is 7.12. The lowest BCUT2D eigenvalue weighted by atomic mass is 10.3. The van der Waals surface area contributed by atoms with Gasteiger partial charge in [0.25, 0.3) is 0 Å². The van der Waals surface area contributed by atoms with Gasteiger partial charge in [-0.2, -0.15) is 0 Å². The number of nitrogens with one attached hydrogen (secondary N) is 1. The third kappa shape index (κ3) is 5.81. The summed E-state index contributed by atoms with van der Waals surface area (Å²) in [4.78, 5) is 14.9. The van der Waals surface area contributed by atoms with Crippen LogP contribution in [0.4, 0.5) is 0 Å². The lowest BCUT2D eigenvalue weighted by molar-refractivity contribution is -0.136. The maximum atomic E-state index is 10.5. The van der Waals surface area contributed by atoms with E-state index in [1.54, 1.807) is 11.3 Å². The molecule has 0 unspecified atom stereocenters. The van der Waals surface area contributed by atoms with Gasteiger partial charge in [0, 0.05) is 29.4 Å². The number of carboxylic acid groups (broad SMARTS) is 1. The fourth-order valence-electron chi connectivity index (χ4n) is 1.40. The Balaban J connectivity index is 2.23. The van der Waals surface area contributed by atoms with E-state index in [1.807, 2.05) is 12.1 Å². The first-order valence-electron chi connectivity index (χ1n) is 5.80. The van der Waals surface area contributed by atoms with Gasteiger partial charge in [0.15, 0.2) is 0 Å². The Morgan fingerprint density at radius 1 is 1.47 bits per heavy atom. The predicted molar refractivity (Wildman–Crippen MR) is 70.5 cm³/mol. The number of carboxylic acids is 1. The topological polar surface area (TPSA) is 52.6 Å². The van der Waals surface area contributed by atoms with Crippen molar-refractivity contribution >= 4 is 17.3 Å². The van der Waals surface area contributed by atoms with Crippen LogP contribution < -0.4 is 5.32 Å². The molecule has 0 radical (unpaired) electrons. The van der Waals surface area contributed by atoms with Crippen molar-refractivity contribution in [2.75, 3.05) is 26.7 Å². The average molecular weight is 256 g/mol. The van der Waals surface area contributed by atoms with E-state index in [1.165, 1.54) is 4.88 Å². The fourth-order valence-corrected chi connectivity index (χ4v) is 2.38. The first-order chi connectivity index (χ1) is 8.11. The van der Waals surface area contributed by atoms with Crippen molar-refractivity contribution in [3.05, 3.63) is 21.9 Å². The zero-order valence-corrected chi connectivity index (χ0v) is 11.2. The van der Waals surface area contributed by atoms with Crippen molar-refractivity contribution in [3.8, 4) is 0 Å². The molecule has 0 saturated heterocycles. The number of thiophene rings is 1. The molecule has 0 aliphatic carbocycles. The van der Waals surface area contributed by atoms with Crippen LogP contribution in [-0.2, 0) is 17.8 Å². The van der Waals surface area contributed by atoms with E-state index in [-0.39, 0.29) is 6.42 Å². The SMILES string of the molecule is CCN(C)CCNCc1ccc(CC(=O)O)s1. The Bertz CT molecular complexity index is 352. The predicted octanol–water partition coefficient (Wildman–Crippen LogP) is 1.42. The van der Waals surface area contributed by atoms with Crippen molar-refractivity contribution in [2.45, 2.75) is 19.9 Å². The molecule has 0 atom stereocenters. The van der Waals surface area contributed by atoms with Gasteiger partial charge in [-0.25, -0.2) is 0 Å². The number of nitrogens with zero attached hydrogens (tertiary/aromatic N) is 1. The molecule has 1 aromatic rings. The third-order valence-electron chi connectivity index (χ3n) is 2.55. The van der Waals surface area contributed by atoms with Gasteiger partial charge in [0.2, 0.25) is 0 Å². The molecule has 0 spiro atoms. The minimum Gasteiger partial charge on any atom is -0.481 e. The van der Waals surface area contributed by atoms with Gasteiger partial charge in [-0.15, -0.1) is 11.3 Å². The molecule has 0 amide bonds. The van der Waals surface area contributed by atoms with Crippen LogP contribution in [0.5, 0.6) is 0 Å². The molecule has 2 N–H and O–H groups in total. The van der Waals surface area contributed by atoms with Crippen molar-refractivity contribution in [1.82, 2.24) is 10.2 Å². The van der Waals surface area contributed by atoms with E-state index >= 15 is 0 Å². The number of hydrogen-bond acceptors (Lipinski definition) is 4. The van der Waals surface area contributed by atoms with Crippen LogP contribution in [0.2, 0.25) is 0 Å². The van der Waals surface area contributed by atoms with Crippen LogP contribution in [0, 0.1) is 0 Å². The second-order valence-corrected chi connectivity index (χ2v) is 5.26. The lowest BCUT2D eigenvalue weighted by Crippen LogP contribution is -2.28. The van der Waals surface area contributed by atoms with Gasteiger partial charge in [-0.05, 0) is 25.7 Å². The third-order valence-corrected chi connectivity index (χ3v) is 3.64. The Morgan fingerprint density at radius 3 is 2.82 bits per heavy atom. The van der Waals surface area contributed by atoms with Gasteiger partial charge in [-0.1, -0.05) is 6.92 Å². The number of aliphatic carboxylic acids is 1. The molecule has 0 aromatic carbocycles. The van der Waals surface area contributed by atoms with Gasteiger partial charge in [0.05, 0.1) is 6.42 Å². The van der Waals surface area contributed by atoms with Crippen LogP contribution in [0.15, 0.2) is 12.1 Å². The minimum atomic E-state index is -0.768. The second kappa shape index (κ2) is 7.42. The Labute approximate surface area is 106 Å². The number of likely N-dealkylation sites (N-methyl/N-ethyl adjacent to an activating group) is 1. The van der Waals surface area contributed by atoms with E-state index < -0.39 is 5.97 Å². The molecule has 4 nitrogen and oxygen atoms in total. The van der Waals surface area contributed by atoms with E-state index in [0.717, 1.165) is 31.1 Å². The molecule has 0 aliphatic rings. The molecule has 5 heteroatoms. The fraction of sp³-hybridized carbons (Fsp3) is 0.583. The second-order valence-electron chi connectivity index (χ2n) is 4.01. The molecule has 0 saturated carbocycles. The largest absolute Gasteiger partial charge is 0.481 e. The average Bonchev–Trinajstić information content (AvgIpc) is 2.70. The smallest absolute Gasteiger partial charge is 0.308 e. The maximum Gasteiger partial charge on any atom is 0.308 e. The van der Waals surface area contributed by atoms with Gasteiger partial charge in [0.1, 0.15) is 0 Å². The molecule has 1 heterocycles. The summed E-state index contributed by atoms with van der Waals surface area (Å²) < 4.78 is 0. The summed E-state index contributed by atoms with van der Waals surface area (Å²) in [5.74, 6) is -0.768. The van der Waals surface area contributed by atoms with Gasteiger partial charge < -0.3 is 15.3 Å². The molecule has 0 bridgehead atoms. The molecule has 0 fully saturated rings. The van der Waals surface area contributed by atoms with Crippen LogP contribution >= 0.6 is 11.3 Å². The number of rotatable bonds is 8. The summed E-state index contributed by atoms with van der Waals surface area (Å²) in [6.45, 7) is 6.00. The first kappa shape index (κ1) is 14.2. The van der Waals surface area contributed by atoms with Crippen LogP contribution in [-0.4, -0.2) is 42.7 Å². The zero-order valence-electron chi connectivity index (χ0n) is 10.4. The Hall–Kier alpha value is -0.910. The molecule has 96 valence electrons.